The van der Waals surface area contributed by atoms with Gasteiger partial charge in [0.2, 0.25) is 15.3 Å². The molecule has 142 valence electrons. The Hall–Kier alpha value is -1.80. The molecule has 3 heterocycles. The third kappa shape index (κ3) is 2.23. The minimum atomic E-state index is -3.65. The first-order valence-corrected chi connectivity index (χ1v) is 10.8. The third-order valence-electron chi connectivity index (χ3n) is 5.71. The number of hydrogen-bond acceptors (Lipinski definition) is 5. The van der Waals surface area contributed by atoms with Crippen LogP contribution in [0.15, 0.2) is 53.4 Å². The lowest BCUT2D eigenvalue weighted by Gasteiger charge is -2.52. The van der Waals surface area contributed by atoms with Gasteiger partial charge in [-0.1, -0.05) is 35.9 Å². The van der Waals surface area contributed by atoms with Crippen LogP contribution in [0.1, 0.15) is 18.0 Å². The number of sulfonamides is 1. The number of alkyl halides is 1. The van der Waals surface area contributed by atoms with Crippen molar-refractivity contribution in [1.82, 2.24) is 9.21 Å². The largest absolute Gasteiger partial charge is 0.497 e. The van der Waals surface area contributed by atoms with E-state index in [1.165, 1.54) is 4.31 Å². The van der Waals surface area contributed by atoms with Crippen LogP contribution in [0.4, 0.5) is 5.69 Å². The summed E-state index contributed by atoms with van der Waals surface area (Å²) in [6.45, 7) is 1.85. The Kier molecular flexibility index (Phi) is 3.75. The molecule has 0 bridgehead atoms. The van der Waals surface area contributed by atoms with Gasteiger partial charge in [-0.2, -0.15) is 0 Å². The molecule has 2 aromatic rings. The number of hydrogen-bond donors (Lipinski definition) is 0. The fourth-order valence-electron chi connectivity index (χ4n) is 4.48. The number of anilines is 1. The first-order chi connectivity index (χ1) is 13.0. The van der Waals surface area contributed by atoms with Crippen LogP contribution in [0.5, 0.6) is 5.75 Å². The SMILES string of the molecule is COc1ccc(C2CN3CCCN4C3(Cl)N2c2ccccc2S4(=O)=O)cc1. The van der Waals surface area contributed by atoms with E-state index in [1.807, 2.05) is 36.4 Å². The second-order valence-electron chi connectivity index (χ2n) is 7.06. The van der Waals surface area contributed by atoms with E-state index in [4.69, 9.17) is 16.3 Å². The van der Waals surface area contributed by atoms with E-state index in [2.05, 4.69) is 9.80 Å². The van der Waals surface area contributed by atoms with Gasteiger partial charge >= 0.3 is 0 Å². The van der Waals surface area contributed by atoms with Crippen molar-refractivity contribution in [3.8, 4) is 5.75 Å². The number of rotatable bonds is 2. The molecule has 0 aliphatic carbocycles. The van der Waals surface area contributed by atoms with Crippen LogP contribution in [-0.2, 0) is 10.0 Å². The minimum absolute atomic E-state index is 0.0503. The number of para-hydroxylation sites is 1. The fraction of sp³-hybridized carbons (Fsp3) is 0.368. The molecule has 0 N–H and O–H groups in total. The molecule has 2 atom stereocenters. The predicted octanol–water partition coefficient (Wildman–Crippen LogP) is 2.82. The van der Waals surface area contributed by atoms with E-state index in [0.29, 0.717) is 23.7 Å². The van der Waals surface area contributed by atoms with Crippen molar-refractivity contribution in [3.05, 3.63) is 54.1 Å². The van der Waals surface area contributed by atoms with E-state index in [0.717, 1.165) is 24.3 Å². The van der Waals surface area contributed by atoms with E-state index >= 15 is 0 Å². The summed E-state index contributed by atoms with van der Waals surface area (Å²) in [5.74, 6) is 0.790. The van der Waals surface area contributed by atoms with Gasteiger partial charge in [-0.15, -0.1) is 4.31 Å². The van der Waals surface area contributed by atoms with Gasteiger partial charge in [0.15, 0.2) is 0 Å². The first-order valence-electron chi connectivity index (χ1n) is 8.97. The molecule has 27 heavy (non-hydrogen) atoms. The summed E-state index contributed by atoms with van der Waals surface area (Å²) >= 11 is 7.13. The van der Waals surface area contributed by atoms with Gasteiger partial charge in [-0.25, -0.2) is 8.42 Å². The summed E-state index contributed by atoms with van der Waals surface area (Å²) in [6, 6.07) is 15.0. The van der Waals surface area contributed by atoms with Crippen molar-refractivity contribution >= 4 is 27.3 Å². The average Bonchev–Trinajstić information content (AvgIpc) is 2.99. The van der Waals surface area contributed by atoms with Crippen molar-refractivity contribution < 1.29 is 13.2 Å². The zero-order valence-corrected chi connectivity index (χ0v) is 16.4. The van der Waals surface area contributed by atoms with Crippen LogP contribution < -0.4 is 9.64 Å². The van der Waals surface area contributed by atoms with Crippen LogP contribution in [0.25, 0.3) is 0 Å². The summed E-state index contributed by atoms with van der Waals surface area (Å²) < 4.78 is 33.3. The Morgan fingerprint density at radius 1 is 1.11 bits per heavy atom. The fourth-order valence-corrected chi connectivity index (χ4v) is 7.00. The highest BCUT2D eigenvalue weighted by molar-refractivity contribution is 7.89. The zero-order valence-electron chi connectivity index (χ0n) is 14.9. The Bertz CT molecular complexity index is 998. The zero-order chi connectivity index (χ0) is 18.8. The smallest absolute Gasteiger partial charge is 0.249 e. The molecular formula is C19H20ClN3O3S. The lowest BCUT2D eigenvalue weighted by atomic mass is 10.1. The van der Waals surface area contributed by atoms with Crippen LogP contribution in [0.3, 0.4) is 0 Å². The Labute approximate surface area is 163 Å². The normalized spacial score (nSPS) is 29.3. The van der Waals surface area contributed by atoms with Gasteiger partial charge in [0.25, 0.3) is 0 Å². The van der Waals surface area contributed by atoms with Crippen molar-refractivity contribution in [1.29, 1.82) is 0 Å². The van der Waals surface area contributed by atoms with Crippen LogP contribution in [-0.4, -0.2) is 49.6 Å². The monoisotopic (exact) mass is 405 g/mol. The standard InChI is InChI=1S/C19H20ClN3O3S/c1-26-15-9-7-14(8-10-15)17-13-21-11-4-12-22-19(21,20)23(17)16-5-2-3-6-18(16)27(22,24)25/h2-3,5-10,17H,4,11-13H2,1H3. The Balaban J connectivity index is 1.72. The van der Waals surface area contributed by atoms with Gasteiger partial charge in [0, 0.05) is 19.6 Å². The number of methoxy groups -OCH3 is 1. The maximum Gasteiger partial charge on any atom is 0.249 e. The topological polar surface area (TPSA) is 53.1 Å². The molecule has 0 amide bonds. The summed E-state index contributed by atoms with van der Waals surface area (Å²) in [5.41, 5.74) is 1.74. The molecule has 5 rings (SSSR count). The number of nitrogens with zero attached hydrogens (tertiary/aromatic N) is 3. The molecule has 2 unspecified atom stereocenters. The predicted molar refractivity (Wildman–Crippen MR) is 103 cm³/mol. The summed E-state index contributed by atoms with van der Waals surface area (Å²) in [7, 11) is -2.00. The maximum absolute atomic E-state index is 13.3. The number of halogens is 1. The highest BCUT2D eigenvalue weighted by Gasteiger charge is 2.63. The van der Waals surface area contributed by atoms with Crippen LogP contribution in [0, 0.1) is 0 Å². The lowest BCUT2D eigenvalue weighted by Crippen LogP contribution is -2.68. The first kappa shape index (κ1) is 17.3. The molecule has 2 saturated heterocycles. The summed E-state index contributed by atoms with van der Waals surface area (Å²) in [5, 5.41) is -1.20. The van der Waals surface area contributed by atoms with Crippen LogP contribution >= 0.6 is 11.6 Å². The molecule has 0 radical (unpaired) electrons. The molecule has 0 spiro atoms. The van der Waals surface area contributed by atoms with E-state index < -0.39 is 15.3 Å². The maximum atomic E-state index is 13.3. The molecule has 3 aliphatic heterocycles. The highest BCUT2D eigenvalue weighted by atomic mass is 35.5. The number of benzene rings is 2. The highest BCUT2D eigenvalue weighted by Crippen LogP contribution is 2.54. The van der Waals surface area contributed by atoms with Crippen molar-refractivity contribution in [3.63, 3.8) is 0 Å². The second-order valence-corrected chi connectivity index (χ2v) is 9.39. The summed E-state index contributed by atoms with van der Waals surface area (Å²) in [4.78, 5) is 4.45. The molecule has 8 heteroatoms. The minimum Gasteiger partial charge on any atom is -0.497 e. The molecule has 2 aromatic carbocycles. The third-order valence-corrected chi connectivity index (χ3v) is 8.36. The Morgan fingerprint density at radius 2 is 1.85 bits per heavy atom. The van der Waals surface area contributed by atoms with Gasteiger partial charge in [0.1, 0.15) is 10.6 Å². The molecular weight excluding hydrogens is 386 g/mol. The van der Waals surface area contributed by atoms with Crippen molar-refractivity contribution in [2.24, 2.45) is 0 Å². The molecule has 6 nitrogen and oxygen atoms in total. The molecule has 2 fully saturated rings. The van der Waals surface area contributed by atoms with E-state index in [1.54, 1.807) is 19.2 Å². The van der Waals surface area contributed by atoms with Gasteiger partial charge < -0.3 is 9.64 Å². The quantitative estimate of drug-likeness (QED) is 0.568. The molecule has 0 saturated carbocycles. The van der Waals surface area contributed by atoms with E-state index in [9.17, 15) is 8.42 Å². The lowest BCUT2D eigenvalue weighted by molar-refractivity contribution is 0.0608. The molecule has 0 aromatic heterocycles. The average molecular weight is 406 g/mol. The second kappa shape index (κ2) is 5.85. The summed E-state index contributed by atoms with van der Waals surface area (Å²) in [6.07, 6.45) is 0.763. The van der Waals surface area contributed by atoms with E-state index in [-0.39, 0.29) is 6.04 Å². The van der Waals surface area contributed by atoms with Crippen molar-refractivity contribution in [2.75, 3.05) is 31.6 Å². The molecule has 3 aliphatic rings. The van der Waals surface area contributed by atoms with Gasteiger partial charge in [-0.3, -0.25) is 4.90 Å². The van der Waals surface area contributed by atoms with Gasteiger partial charge in [0.05, 0.1) is 18.8 Å². The Morgan fingerprint density at radius 3 is 2.59 bits per heavy atom. The van der Waals surface area contributed by atoms with Crippen LogP contribution in [0.2, 0.25) is 0 Å². The van der Waals surface area contributed by atoms with Gasteiger partial charge in [-0.05, 0) is 36.2 Å². The number of ether oxygens (including phenoxy) is 1. The van der Waals surface area contributed by atoms with Crippen molar-refractivity contribution in [2.45, 2.75) is 22.6 Å². The number of fused-ring (bicyclic) bond motifs is 2.